The Morgan fingerprint density at radius 2 is 1.11 bits per heavy atom. The third kappa shape index (κ3) is 16.9. The first kappa shape index (κ1) is 30.8. The van der Waals surface area contributed by atoms with Crippen LogP contribution in [0.15, 0.2) is 18.2 Å². The van der Waals surface area contributed by atoms with Crippen LogP contribution in [0.2, 0.25) is 0 Å². The third-order valence-electron chi connectivity index (χ3n) is 5.82. The molecule has 6 nitrogen and oxygen atoms in total. The molecule has 0 saturated carbocycles. The summed E-state index contributed by atoms with van der Waals surface area (Å²) in [5.74, 6) is 1.91. The average Bonchev–Trinajstić information content (AvgIpc) is 2.84. The van der Waals surface area contributed by atoms with Crippen LogP contribution in [-0.4, -0.2) is 38.1 Å². The topological polar surface area (TPSA) is 76.7 Å². The van der Waals surface area contributed by atoms with Gasteiger partial charge in [-0.05, 0) is 62.6 Å². The molecule has 1 rings (SSSR count). The van der Waals surface area contributed by atoms with Crippen molar-refractivity contribution in [2.45, 2.75) is 111 Å². The van der Waals surface area contributed by atoms with E-state index in [0.29, 0.717) is 26.1 Å². The number of aryl methyl sites for hydroxylation is 1. The molecule has 0 unspecified atom stereocenters. The lowest BCUT2D eigenvalue weighted by Crippen LogP contribution is -2.24. The van der Waals surface area contributed by atoms with Crippen molar-refractivity contribution in [3.05, 3.63) is 23.8 Å². The fourth-order valence-corrected chi connectivity index (χ4v) is 3.77. The highest BCUT2D eigenvalue weighted by atomic mass is 16.5. The minimum absolute atomic E-state index is 0.135. The van der Waals surface area contributed by atoms with Crippen LogP contribution in [-0.2, 0) is 16.0 Å². The summed E-state index contributed by atoms with van der Waals surface area (Å²) in [6, 6.07) is 6.11. The zero-order valence-electron chi connectivity index (χ0n) is 22.6. The van der Waals surface area contributed by atoms with E-state index in [0.717, 1.165) is 102 Å². The summed E-state index contributed by atoms with van der Waals surface area (Å²) in [4.78, 5) is 23.7. The van der Waals surface area contributed by atoms with Gasteiger partial charge in [-0.1, -0.05) is 52.9 Å². The quantitative estimate of drug-likeness (QED) is 0.186. The summed E-state index contributed by atoms with van der Waals surface area (Å²) < 4.78 is 12.0. The smallest absolute Gasteiger partial charge is 0.219 e. The molecular formula is C29H50N2O4. The molecule has 0 aliphatic heterocycles. The summed E-state index contributed by atoms with van der Waals surface area (Å²) in [5.41, 5.74) is 1.21. The van der Waals surface area contributed by atoms with Crippen LogP contribution in [0.4, 0.5) is 0 Å². The van der Waals surface area contributed by atoms with E-state index >= 15 is 0 Å². The number of benzene rings is 1. The van der Waals surface area contributed by atoms with E-state index < -0.39 is 0 Å². The van der Waals surface area contributed by atoms with Gasteiger partial charge in [0.15, 0.2) is 0 Å². The van der Waals surface area contributed by atoms with Crippen molar-refractivity contribution in [1.82, 2.24) is 10.6 Å². The highest BCUT2D eigenvalue weighted by molar-refractivity contribution is 5.76. The summed E-state index contributed by atoms with van der Waals surface area (Å²) in [7, 11) is 0. The molecule has 0 spiro atoms. The van der Waals surface area contributed by atoms with E-state index in [2.05, 4.69) is 43.5 Å². The molecule has 0 aliphatic rings. The van der Waals surface area contributed by atoms with Crippen molar-refractivity contribution in [2.75, 3.05) is 26.3 Å². The van der Waals surface area contributed by atoms with E-state index in [-0.39, 0.29) is 11.8 Å². The molecule has 6 heteroatoms. The molecule has 200 valence electrons. The number of carbonyl (C=O) groups is 2. The van der Waals surface area contributed by atoms with Crippen molar-refractivity contribution in [3.8, 4) is 11.5 Å². The zero-order valence-corrected chi connectivity index (χ0v) is 22.6. The fraction of sp³-hybridized carbons (Fsp3) is 0.724. The van der Waals surface area contributed by atoms with Crippen molar-refractivity contribution in [3.63, 3.8) is 0 Å². The van der Waals surface area contributed by atoms with Gasteiger partial charge < -0.3 is 20.1 Å². The highest BCUT2D eigenvalue weighted by Crippen LogP contribution is 2.24. The molecule has 2 N–H and O–H groups in total. The normalized spacial score (nSPS) is 10.7. The van der Waals surface area contributed by atoms with E-state index in [1.807, 2.05) is 6.07 Å². The van der Waals surface area contributed by atoms with Gasteiger partial charge in [-0.2, -0.15) is 0 Å². The maximum absolute atomic E-state index is 11.9. The van der Waals surface area contributed by atoms with E-state index in [1.54, 1.807) is 0 Å². The number of carbonyl (C=O) groups excluding carboxylic acids is 2. The lowest BCUT2D eigenvalue weighted by Gasteiger charge is -2.12. The van der Waals surface area contributed by atoms with Crippen LogP contribution in [0.5, 0.6) is 11.5 Å². The summed E-state index contributed by atoms with van der Waals surface area (Å²) in [6.07, 6.45) is 13.2. The van der Waals surface area contributed by atoms with Crippen molar-refractivity contribution >= 4 is 11.8 Å². The van der Waals surface area contributed by atoms with Gasteiger partial charge in [-0.15, -0.1) is 0 Å². The van der Waals surface area contributed by atoms with Crippen molar-refractivity contribution in [1.29, 1.82) is 0 Å². The average molecular weight is 491 g/mol. The second kappa shape index (κ2) is 21.1. The molecule has 0 fully saturated rings. The number of ether oxygens (including phenoxy) is 2. The molecule has 0 bridgehead atoms. The maximum atomic E-state index is 11.9. The van der Waals surface area contributed by atoms with Gasteiger partial charge in [0.2, 0.25) is 11.8 Å². The van der Waals surface area contributed by atoms with E-state index in [9.17, 15) is 9.59 Å². The summed E-state index contributed by atoms with van der Waals surface area (Å²) >= 11 is 0. The number of hydrogen-bond acceptors (Lipinski definition) is 4. The summed E-state index contributed by atoms with van der Waals surface area (Å²) in [6.45, 7) is 9.22. The second-order valence-electron chi connectivity index (χ2n) is 9.29. The SMILES string of the molecule is CCCCCNC(=O)CCCCOc1cc(CCC)cc(OCCCCC(=O)NCCCCC)c1. The number of nitrogens with one attached hydrogen (secondary N) is 2. The number of hydrogen-bond donors (Lipinski definition) is 2. The van der Waals surface area contributed by atoms with Crippen LogP contribution in [0.25, 0.3) is 0 Å². The van der Waals surface area contributed by atoms with E-state index in [1.165, 1.54) is 5.56 Å². The molecule has 0 saturated heterocycles. The first-order valence-corrected chi connectivity index (χ1v) is 14.0. The fourth-order valence-electron chi connectivity index (χ4n) is 3.77. The lowest BCUT2D eigenvalue weighted by molar-refractivity contribution is -0.122. The Bertz CT molecular complexity index is 641. The largest absolute Gasteiger partial charge is 0.493 e. The van der Waals surface area contributed by atoms with Crippen LogP contribution < -0.4 is 20.1 Å². The molecular weight excluding hydrogens is 440 g/mol. The minimum atomic E-state index is 0.135. The molecule has 0 heterocycles. The maximum Gasteiger partial charge on any atom is 0.219 e. The Kier molecular flexibility index (Phi) is 18.5. The standard InChI is InChI=1S/C29H50N2O4/c1-4-7-11-18-30-28(32)16-9-13-20-34-26-22-25(15-6-3)23-27(24-26)35-21-14-10-17-29(33)31-19-12-8-5-2/h22-24H,4-21H2,1-3H3,(H,30,32)(H,31,33). The summed E-state index contributed by atoms with van der Waals surface area (Å²) in [5, 5.41) is 5.97. The van der Waals surface area contributed by atoms with Crippen molar-refractivity contribution in [2.24, 2.45) is 0 Å². The first-order chi connectivity index (χ1) is 17.1. The predicted octanol–water partition coefficient (Wildman–Crippen LogP) is 6.35. The van der Waals surface area contributed by atoms with Gasteiger partial charge in [0.25, 0.3) is 0 Å². The Labute approximate surface area is 213 Å². The van der Waals surface area contributed by atoms with Gasteiger partial charge in [-0.3, -0.25) is 9.59 Å². The molecule has 0 aromatic heterocycles. The second-order valence-corrected chi connectivity index (χ2v) is 9.29. The van der Waals surface area contributed by atoms with Crippen LogP contribution in [0.1, 0.15) is 110 Å². The van der Waals surface area contributed by atoms with Crippen LogP contribution in [0.3, 0.4) is 0 Å². The van der Waals surface area contributed by atoms with Gasteiger partial charge >= 0.3 is 0 Å². The Hall–Kier alpha value is -2.24. The van der Waals surface area contributed by atoms with Crippen molar-refractivity contribution < 1.29 is 19.1 Å². The monoisotopic (exact) mass is 490 g/mol. The number of rotatable bonds is 22. The van der Waals surface area contributed by atoms with Gasteiger partial charge in [0.1, 0.15) is 11.5 Å². The molecule has 35 heavy (non-hydrogen) atoms. The molecule has 2 amide bonds. The predicted molar refractivity (Wildman–Crippen MR) is 144 cm³/mol. The third-order valence-corrected chi connectivity index (χ3v) is 5.82. The molecule has 0 atom stereocenters. The number of unbranched alkanes of at least 4 members (excludes halogenated alkanes) is 6. The lowest BCUT2D eigenvalue weighted by atomic mass is 10.1. The van der Waals surface area contributed by atoms with Crippen LogP contribution in [0, 0.1) is 0 Å². The minimum Gasteiger partial charge on any atom is -0.493 e. The molecule has 1 aromatic carbocycles. The van der Waals surface area contributed by atoms with Crippen LogP contribution >= 0.6 is 0 Å². The van der Waals surface area contributed by atoms with E-state index in [4.69, 9.17) is 9.47 Å². The molecule has 0 radical (unpaired) electrons. The van der Waals surface area contributed by atoms with Gasteiger partial charge in [0.05, 0.1) is 13.2 Å². The molecule has 1 aromatic rings. The Morgan fingerprint density at radius 3 is 1.54 bits per heavy atom. The first-order valence-electron chi connectivity index (χ1n) is 14.0. The Balaban J connectivity index is 2.30. The molecule has 0 aliphatic carbocycles. The highest BCUT2D eigenvalue weighted by Gasteiger charge is 2.06. The zero-order chi connectivity index (χ0) is 25.6. The van der Waals surface area contributed by atoms with Gasteiger partial charge in [0, 0.05) is 32.0 Å². The number of amides is 2. The van der Waals surface area contributed by atoms with Gasteiger partial charge in [-0.25, -0.2) is 0 Å². The Morgan fingerprint density at radius 1 is 0.629 bits per heavy atom.